The van der Waals surface area contributed by atoms with Crippen LogP contribution in [0.3, 0.4) is 0 Å². The van der Waals surface area contributed by atoms with E-state index >= 15 is 0 Å². The number of thiophene rings is 1. The van der Waals surface area contributed by atoms with Crippen LogP contribution in [0.25, 0.3) is 10.4 Å². The molecule has 0 aliphatic carbocycles. The summed E-state index contributed by atoms with van der Waals surface area (Å²) in [5.41, 5.74) is 0.882. The van der Waals surface area contributed by atoms with Crippen LogP contribution >= 0.6 is 11.3 Å². The van der Waals surface area contributed by atoms with E-state index in [1.165, 1.54) is 12.3 Å². The molecule has 2 aromatic heterocycles. The monoisotopic (exact) mass is 359 g/mol. The Bertz CT molecular complexity index is 882. The Hall–Kier alpha value is -2.55. The summed E-state index contributed by atoms with van der Waals surface area (Å²) in [5.74, 6) is -1.06. The van der Waals surface area contributed by atoms with Crippen LogP contribution in [-0.2, 0) is 11.3 Å². The third-order valence-corrected chi connectivity index (χ3v) is 5.03. The molecular weight excluding hydrogens is 348 g/mol. The van der Waals surface area contributed by atoms with Gasteiger partial charge in [0.15, 0.2) is 0 Å². The van der Waals surface area contributed by atoms with Crippen LogP contribution < -0.4 is 4.31 Å². The SMILES string of the molecule is O=C(O)c1sc(-c2ccccc2)cc1N(c1ccccn1)S(=O)[O-]. The quantitative estimate of drug-likeness (QED) is 0.704. The average molecular weight is 359 g/mol. The molecule has 0 radical (unpaired) electrons. The summed E-state index contributed by atoms with van der Waals surface area (Å²) in [6, 6.07) is 15.5. The van der Waals surface area contributed by atoms with E-state index in [2.05, 4.69) is 4.98 Å². The highest BCUT2D eigenvalue weighted by atomic mass is 32.2. The Morgan fingerprint density at radius 2 is 1.88 bits per heavy atom. The van der Waals surface area contributed by atoms with Crippen molar-refractivity contribution in [2.45, 2.75) is 0 Å². The third-order valence-electron chi connectivity index (χ3n) is 3.19. The summed E-state index contributed by atoms with van der Waals surface area (Å²) in [4.78, 5) is 16.2. The van der Waals surface area contributed by atoms with E-state index in [1.807, 2.05) is 30.3 Å². The molecule has 122 valence electrons. The van der Waals surface area contributed by atoms with Gasteiger partial charge in [0.1, 0.15) is 10.7 Å². The molecule has 8 heteroatoms. The smallest absolute Gasteiger partial charge is 0.348 e. The Kier molecular flexibility index (Phi) is 4.70. The van der Waals surface area contributed by atoms with E-state index in [0.29, 0.717) is 4.88 Å². The zero-order valence-electron chi connectivity index (χ0n) is 12.2. The second-order valence-corrected chi connectivity index (χ2v) is 6.55. The van der Waals surface area contributed by atoms with Gasteiger partial charge in [0.25, 0.3) is 0 Å². The Labute approximate surface area is 144 Å². The van der Waals surface area contributed by atoms with E-state index < -0.39 is 17.2 Å². The van der Waals surface area contributed by atoms with Gasteiger partial charge in [-0.15, -0.1) is 11.3 Å². The largest absolute Gasteiger partial charge is 0.755 e. The normalized spacial score (nSPS) is 11.9. The van der Waals surface area contributed by atoms with Crippen molar-refractivity contribution in [1.82, 2.24) is 4.98 Å². The summed E-state index contributed by atoms with van der Waals surface area (Å²) in [6.07, 6.45) is 1.44. The molecule has 0 aliphatic rings. The maximum Gasteiger partial charge on any atom is 0.348 e. The minimum Gasteiger partial charge on any atom is -0.755 e. The maximum absolute atomic E-state index is 11.7. The van der Waals surface area contributed by atoms with Crippen molar-refractivity contribution in [3.05, 3.63) is 65.7 Å². The molecule has 0 fully saturated rings. The molecule has 0 saturated carbocycles. The molecule has 0 amide bonds. The number of anilines is 2. The van der Waals surface area contributed by atoms with Crippen molar-refractivity contribution in [3.8, 4) is 10.4 Å². The van der Waals surface area contributed by atoms with E-state index in [1.54, 1.807) is 18.2 Å². The molecule has 1 aromatic carbocycles. The summed E-state index contributed by atoms with van der Waals surface area (Å²) < 4.78 is 24.3. The van der Waals surface area contributed by atoms with Gasteiger partial charge in [-0.05, 0) is 23.8 Å². The number of nitrogens with zero attached hydrogens (tertiary/aromatic N) is 2. The first-order chi connectivity index (χ1) is 11.6. The first-order valence-electron chi connectivity index (χ1n) is 6.81. The van der Waals surface area contributed by atoms with Crippen molar-refractivity contribution >= 4 is 40.1 Å². The fourth-order valence-corrected chi connectivity index (χ4v) is 3.79. The predicted molar refractivity (Wildman–Crippen MR) is 92.0 cm³/mol. The lowest BCUT2D eigenvalue weighted by Crippen LogP contribution is -2.21. The summed E-state index contributed by atoms with van der Waals surface area (Å²) in [6.45, 7) is 0. The molecule has 2 heterocycles. The molecule has 1 atom stereocenters. The summed E-state index contributed by atoms with van der Waals surface area (Å²) in [5, 5.41) is 9.47. The van der Waals surface area contributed by atoms with Crippen LogP contribution in [0.2, 0.25) is 0 Å². The zero-order valence-corrected chi connectivity index (χ0v) is 13.8. The lowest BCUT2D eigenvalue weighted by Gasteiger charge is -2.24. The number of rotatable bonds is 5. The molecule has 1 N–H and O–H groups in total. The van der Waals surface area contributed by atoms with Gasteiger partial charge in [-0.1, -0.05) is 36.4 Å². The van der Waals surface area contributed by atoms with Gasteiger partial charge in [-0.25, -0.2) is 9.78 Å². The van der Waals surface area contributed by atoms with Crippen molar-refractivity contribution in [2.75, 3.05) is 4.31 Å². The number of hydrogen-bond acceptors (Lipinski definition) is 5. The molecule has 6 nitrogen and oxygen atoms in total. The molecule has 0 bridgehead atoms. The molecule has 3 aromatic rings. The third kappa shape index (κ3) is 3.21. The number of carboxylic acids is 1. The highest BCUT2D eigenvalue weighted by molar-refractivity contribution is 7.81. The molecule has 0 saturated heterocycles. The van der Waals surface area contributed by atoms with Gasteiger partial charge in [-0.2, -0.15) is 0 Å². The number of carbonyl (C=O) groups is 1. The molecule has 24 heavy (non-hydrogen) atoms. The number of hydrogen-bond donors (Lipinski definition) is 1. The van der Waals surface area contributed by atoms with Crippen LogP contribution in [0.4, 0.5) is 11.5 Å². The standard InChI is InChI=1S/C16H12N2O4S2/c19-16(20)15-12(10-13(23-15)11-6-2-1-3-7-11)18(24(21)22)14-8-4-5-9-17-14/h1-10H,(H,19,20)(H,21,22)/p-1. The fraction of sp³-hybridized carbons (Fsp3) is 0. The number of pyridine rings is 1. The molecule has 3 rings (SSSR count). The highest BCUT2D eigenvalue weighted by Crippen LogP contribution is 2.39. The van der Waals surface area contributed by atoms with Gasteiger partial charge in [0.2, 0.25) is 0 Å². The van der Waals surface area contributed by atoms with Crippen LogP contribution in [0, 0.1) is 0 Å². The van der Waals surface area contributed by atoms with Crippen LogP contribution in [0.1, 0.15) is 9.67 Å². The second kappa shape index (κ2) is 6.91. The lowest BCUT2D eigenvalue weighted by molar-refractivity contribution is 0.0703. The maximum atomic E-state index is 11.7. The number of aromatic carboxylic acids is 1. The van der Waals surface area contributed by atoms with Crippen molar-refractivity contribution in [1.29, 1.82) is 0 Å². The van der Waals surface area contributed by atoms with Gasteiger partial charge < -0.3 is 9.66 Å². The molecule has 0 spiro atoms. The first kappa shape index (κ1) is 16.3. The molecule has 1 unspecified atom stereocenters. The van der Waals surface area contributed by atoms with Gasteiger partial charge in [-0.3, -0.25) is 8.51 Å². The fourth-order valence-electron chi connectivity index (χ4n) is 2.18. The van der Waals surface area contributed by atoms with Crippen molar-refractivity contribution < 1.29 is 18.7 Å². The highest BCUT2D eigenvalue weighted by Gasteiger charge is 2.23. The van der Waals surface area contributed by atoms with E-state index in [-0.39, 0.29) is 16.4 Å². The number of aromatic nitrogens is 1. The zero-order chi connectivity index (χ0) is 17.1. The molecular formula is C16H11N2O4S2-. The Morgan fingerprint density at radius 3 is 2.46 bits per heavy atom. The number of benzene rings is 1. The topological polar surface area (TPSA) is 93.6 Å². The predicted octanol–water partition coefficient (Wildman–Crippen LogP) is 3.44. The van der Waals surface area contributed by atoms with Gasteiger partial charge in [0, 0.05) is 11.1 Å². The van der Waals surface area contributed by atoms with Crippen molar-refractivity contribution in [2.24, 2.45) is 0 Å². The van der Waals surface area contributed by atoms with Crippen LogP contribution in [-0.4, -0.2) is 24.8 Å². The molecule has 0 aliphatic heterocycles. The van der Waals surface area contributed by atoms with E-state index in [4.69, 9.17) is 0 Å². The first-order valence-corrected chi connectivity index (χ1v) is 8.66. The van der Waals surface area contributed by atoms with Gasteiger partial charge >= 0.3 is 5.97 Å². The summed E-state index contributed by atoms with van der Waals surface area (Å²) >= 11 is -1.69. The lowest BCUT2D eigenvalue weighted by atomic mass is 10.2. The minimum absolute atomic E-state index is 0.0660. The Balaban J connectivity index is 2.16. The number of carboxylic acid groups (broad SMARTS) is 1. The van der Waals surface area contributed by atoms with E-state index in [0.717, 1.165) is 21.2 Å². The van der Waals surface area contributed by atoms with Crippen LogP contribution in [0.5, 0.6) is 0 Å². The Morgan fingerprint density at radius 1 is 1.17 bits per heavy atom. The minimum atomic E-state index is -2.71. The van der Waals surface area contributed by atoms with E-state index in [9.17, 15) is 18.7 Å². The van der Waals surface area contributed by atoms with Gasteiger partial charge in [0.05, 0.1) is 17.0 Å². The second-order valence-electron chi connectivity index (χ2n) is 4.70. The van der Waals surface area contributed by atoms with Crippen molar-refractivity contribution in [3.63, 3.8) is 0 Å². The average Bonchev–Trinajstić information content (AvgIpc) is 3.01. The summed E-state index contributed by atoms with van der Waals surface area (Å²) in [7, 11) is 0. The van der Waals surface area contributed by atoms with Crippen LogP contribution in [0.15, 0.2) is 60.8 Å².